The molecule has 0 aliphatic carbocycles. The van der Waals surface area contributed by atoms with E-state index in [1.807, 2.05) is 0 Å². The highest BCUT2D eigenvalue weighted by Crippen LogP contribution is 2.15. The molecule has 2 aromatic rings. The molecule has 0 radical (unpaired) electrons. The second-order valence-electron chi connectivity index (χ2n) is 3.51. The minimum atomic E-state index is -4.02. The van der Waals surface area contributed by atoms with E-state index in [4.69, 9.17) is 0 Å². The first-order chi connectivity index (χ1) is 8.49. The number of halogens is 2. The molecule has 0 aliphatic rings. The number of rotatable bonds is 4. The van der Waals surface area contributed by atoms with Crippen LogP contribution in [0.4, 0.5) is 8.78 Å². The van der Waals surface area contributed by atoms with Crippen LogP contribution >= 0.6 is 0 Å². The summed E-state index contributed by atoms with van der Waals surface area (Å²) in [5.41, 5.74) is 0.598. The van der Waals surface area contributed by atoms with E-state index in [9.17, 15) is 17.2 Å². The Kier molecular flexibility index (Phi) is 3.39. The van der Waals surface area contributed by atoms with Gasteiger partial charge < -0.3 is 0 Å². The predicted molar refractivity (Wildman–Crippen MR) is 59.0 cm³/mol. The highest BCUT2D eigenvalue weighted by atomic mass is 32.2. The molecule has 0 amide bonds. The van der Waals surface area contributed by atoms with Crippen LogP contribution in [0.1, 0.15) is 5.56 Å². The third kappa shape index (κ3) is 2.71. The molecule has 0 spiro atoms. The molecule has 96 valence electrons. The predicted octanol–water partition coefficient (Wildman–Crippen LogP) is 1.17. The zero-order valence-corrected chi connectivity index (χ0v) is 9.84. The average molecular weight is 273 g/mol. The summed E-state index contributed by atoms with van der Waals surface area (Å²) in [6.07, 6.45) is 2.94. The number of nitrogens with zero attached hydrogens (tertiary/aromatic N) is 1. The van der Waals surface area contributed by atoms with Gasteiger partial charge in [-0.3, -0.25) is 5.10 Å². The third-order valence-electron chi connectivity index (χ3n) is 2.20. The topological polar surface area (TPSA) is 74.8 Å². The summed E-state index contributed by atoms with van der Waals surface area (Å²) < 4.78 is 51.7. The summed E-state index contributed by atoms with van der Waals surface area (Å²) in [4.78, 5) is -0.590. The van der Waals surface area contributed by atoms with Gasteiger partial charge in [0.25, 0.3) is 0 Å². The molecular formula is C10H9F2N3O2S. The molecular weight excluding hydrogens is 264 g/mol. The lowest BCUT2D eigenvalue weighted by atomic mass is 10.3. The molecule has 8 heteroatoms. The average Bonchev–Trinajstić information content (AvgIpc) is 2.78. The third-order valence-corrected chi connectivity index (χ3v) is 3.64. The SMILES string of the molecule is O=S(=O)(NCc1cn[nH]c1)c1ccc(F)cc1F. The maximum atomic E-state index is 13.3. The Balaban J connectivity index is 2.20. The van der Waals surface area contributed by atoms with Crippen LogP contribution in [-0.4, -0.2) is 18.6 Å². The lowest BCUT2D eigenvalue weighted by Crippen LogP contribution is -2.24. The van der Waals surface area contributed by atoms with Gasteiger partial charge in [0, 0.05) is 24.4 Å². The quantitative estimate of drug-likeness (QED) is 0.878. The van der Waals surface area contributed by atoms with Crippen LogP contribution in [0.2, 0.25) is 0 Å². The van der Waals surface area contributed by atoms with Crippen molar-refractivity contribution in [3.63, 3.8) is 0 Å². The number of hydrogen-bond donors (Lipinski definition) is 2. The molecule has 0 saturated carbocycles. The number of H-pyrrole nitrogens is 1. The molecule has 0 aliphatic heterocycles. The second kappa shape index (κ2) is 4.83. The van der Waals surface area contributed by atoms with E-state index in [2.05, 4.69) is 14.9 Å². The minimum Gasteiger partial charge on any atom is -0.285 e. The van der Waals surface area contributed by atoms with Crippen LogP contribution in [0, 0.1) is 11.6 Å². The summed E-state index contributed by atoms with van der Waals surface area (Å²) >= 11 is 0. The van der Waals surface area contributed by atoms with E-state index < -0.39 is 26.6 Å². The number of aromatic nitrogens is 2. The summed E-state index contributed by atoms with van der Waals surface area (Å²) in [6.45, 7) is -0.0321. The van der Waals surface area contributed by atoms with Crippen molar-refractivity contribution in [1.82, 2.24) is 14.9 Å². The first kappa shape index (κ1) is 12.7. The Morgan fingerprint density at radius 1 is 1.33 bits per heavy atom. The lowest BCUT2D eigenvalue weighted by Gasteiger charge is -2.06. The Morgan fingerprint density at radius 3 is 2.72 bits per heavy atom. The van der Waals surface area contributed by atoms with Crippen LogP contribution in [0.15, 0.2) is 35.5 Å². The van der Waals surface area contributed by atoms with Gasteiger partial charge in [-0.25, -0.2) is 21.9 Å². The van der Waals surface area contributed by atoms with Gasteiger partial charge in [-0.05, 0) is 12.1 Å². The second-order valence-corrected chi connectivity index (χ2v) is 5.24. The summed E-state index contributed by atoms with van der Waals surface area (Å²) in [7, 11) is -4.02. The van der Waals surface area contributed by atoms with E-state index in [1.165, 1.54) is 12.4 Å². The fourth-order valence-corrected chi connectivity index (χ4v) is 2.40. The van der Waals surface area contributed by atoms with Gasteiger partial charge in [0.05, 0.1) is 6.20 Å². The molecule has 0 unspecified atom stereocenters. The van der Waals surface area contributed by atoms with Crippen molar-refractivity contribution in [3.8, 4) is 0 Å². The Hall–Kier alpha value is -1.80. The van der Waals surface area contributed by atoms with E-state index in [0.29, 0.717) is 11.6 Å². The molecule has 2 rings (SSSR count). The molecule has 2 N–H and O–H groups in total. The van der Waals surface area contributed by atoms with Crippen LogP contribution in [0.25, 0.3) is 0 Å². The molecule has 5 nitrogen and oxygen atoms in total. The fourth-order valence-electron chi connectivity index (χ4n) is 1.32. The van der Waals surface area contributed by atoms with Gasteiger partial charge in [-0.2, -0.15) is 5.10 Å². The van der Waals surface area contributed by atoms with Gasteiger partial charge in [-0.1, -0.05) is 0 Å². The molecule has 1 aromatic carbocycles. The molecule has 0 bridgehead atoms. The van der Waals surface area contributed by atoms with E-state index in [1.54, 1.807) is 0 Å². The smallest absolute Gasteiger partial charge is 0.243 e. The summed E-state index contributed by atoms with van der Waals surface area (Å²) in [6, 6.07) is 2.28. The minimum absolute atomic E-state index is 0.0321. The Labute approximate surface area is 102 Å². The molecule has 0 saturated heterocycles. The monoisotopic (exact) mass is 273 g/mol. The van der Waals surface area contributed by atoms with E-state index in [0.717, 1.165) is 12.1 Å². The Morgan fingerprint density at radius 2 is 2.11 bits per heavy atom. The van der Waals surface area contributed by atoms with Crippen molar-refractivity contribution in [1.29, 1.82) is 0 Å². The highest BCUT2D eigenvalue weighted by Gasteiger charge is 2.19. The summed E-state index contributed by atoms with van der Waals surface area (Å²) in [5.74, 6) is -1.96. The van der Waals surface area contributed by atoms with E-state index in [-0.39, 0.29) is 6.54 Å². The van der Waals surface area contributed by atoms with Crippen molar-refractivity contribution in [3.05, 3.63) is 47.8 Å². The van der Waals surface area contributed by atoms with Crippen LogP contribution in [0.3, 0.4) is 0 Å². The summed E-state index contributed by atoms with van der Waals surface area (Å²) in [5, 5.41) is 6.16. The van der Waals surface area contributed by atoms with Gasteiger partial charge in [0.1, 0.15) is 16.5 Å². The maximum Gasteiger partial charge on any atom is 0.243 e. The Bertz CT molecular complexity index is 641. The van der Waals surface area contributed by atoms with Gasteiger partial charge in [-0.15, -0.1) is 0 Å². The normalized spacial score (nSPS) is 11.7. The number of benzene rings is 1. The van der Waals surface area contributed by atoms with Crippen LogP contribution < -0.4 is 4.72 Å². The zero-order valence-electron chi connectivity index (χ0n) is 9.02. The van der Waals surface area contributed by atoms with Crippen LogP contribution in [-0.2, 0) is 16.6 Å². The number of sulfonamides is 1. The lowest BCUT2D eigenvalue weighted by molar-refractivity contribution is 0.543. The first-order valence-corrected chi connectivity index (χ1v) is 6.40. The van der Waals surface area contributed by atoms with E-state index >= 15 is 0 Å². The first-order valence-electron chi connectivity index (χ1n) is 4.91. The number of hydrogen-bond acceptors (Lipinski definition) is 3. The number of aromatic amines is 1. The largest absolute Gasteiger partial charge is 0.285 e. The zero-order chi connectivity index (χ0) is 13.2. The van der Waals surface area contributed by atoms with Gasteiger partial charge >= 0.3 is 0 Å². The molecule has 18 heavy (non-hydrogen) atoms. The van der Waals surface area contributed by atoms with Crippen molar-refractivity contribution in [2.75, 3.05) is 0 Å². The maximum absolute atomic E-state index is 13.3. The van der Waals surface area contributed by atoms with Crippen molar-refractivity contribution in [2.24, 2.45) is 0 Å². The van der Waals surface area contributed by atoms with Gasteiger partial charge in [0.15, 0.2) is 0 Å². The van der Waals surface area contributed by atoms with Crippen molar-refractivity contribution < 1.29 is 17.2 Å². The number of nitrogens with one attached hydrogen (secondary N) is 2. The van der Waals surface area contributed by atoms with Crippen molar-refractivity contribution in [2.45, 2.75) is 11.4 Å². The van der Waals surface area contributed by atoms with Crippen LogP contribution in [0.5, 0.6) is 0 Å². The molecule has 0 fully saturated rings. The molecule has 0 atom stereocenters. The van der Waals surface area contributed by atoms with Crippen molar-refractivity contribution >= 4 is 10.0 Å². The van der Waals surface area contributed by atoms with Gasteiger partial charge in [0.2, 0.25) is 10.0 Å². The standard InChI is InChI=1S/C10H9F2N3O2S/c11-8-1-2-10(9(12)3-8)18(16,17)15-6-7-4-13-14-5-7/h1-5,15H,6H2,(H,13,14). The highest BCUT2D eigenvalue weighted by molar-refractivity contribution is 7.89. The molecule has 1 aromatic heterocycles. The molecule has 1 heterocycles. The fraction of sp³-hybridized carbons (Fsp3) is 0.100.